The zero-order chi connectivity index (χ0) is 8.97. The van der Waals surface area contributed by atoms with Gasteiger partial charge in [-0.15, -0.1) is 0 Å². The second-order valence-electron chi connectivity index (χ2n) is 2.89. The Labute approximate surface area is 96.1 Å². The first kappa shape index (κ1) is 12.3. The van der Waals surface area contributed by atoms with E-state index in [1.165, 1.54) is 0 Å². The molecule has 0 fully saturated rings. The maximum Gasteiger partial charge on any atom is 0.177 e. The molecule has 0 aliphatic rings. The molecular weight excluding hydrogens is 277 g/mol. The van der Waals surface area contributed by atoms with E-state index in [9.17, 15) is 0 Å². The summed E-state index contributed by atoms with van der Waals surface area (Å²) in [5.41, 5.74) is 1.11. The smallest absolute Gasteiger partial charge is 0.177 e. The van der Waals surface area contributed by atoms with E-state index in [0.29, 0.717) is 0 Å². The molecule has 0 aliphatic carbocycles. The van der Waals surface area contributed by atoms with E-state index in [1.807, 2.05) is 56.5 Å². The highest BCUT2D eigenvalue weighted by Gasteiger charge is 1.93. The van der Waals surface area contributed by atoms with Gasteiger partial charge < -0.3 is 29.0 Å². The van der Waals surface area contributed by atoms with E-state index in [2.05, 4.69) is 5.10 Å². The van der Waals surface area contributed by atoms with Crippen molar-refractivity contribution in [3.63, 3.8) is 0 Å². The molecule has 1 aromatic rings. The summed E-state index contributed by atoms with van der Waals surface area (Å²) >= 11 is 0. The molecule has 0 amide bonds. The number of hydrogen-bond donors (Lipinski definition) is 0. The van der Waals surface area contributed by atoms with Crippen molar-refractivity contribution in [2.75, 3.05) is 14.1 Å². The Balaban J connectivity index is 0.00000144. The van der Waals surface area contributed by atoms with Crippen LogP contribution in [-0.2, 0) is 7.05 Å². The van der Waals surface area contributed by atoms with Crippen molar-refractivity contribution in [2.24, 2.45) is 12.1 Å². The highest BCUT2D eigenvalue weighted by atomic mass is 127. The van der Waals surface area contributed by atoms with Crippen LogP contribution in [0.15, 0.2) is 29.6 Å². The number of rotatable bonds is 2. The van der Waals surface area contributed by atoms with E-state index < -0.39 is 0 Å². The third-order valence-corrected chi connectivity index (χ3v) is 1.40. The van der Waals surface area contributed by atoms with Gasteiger partial charge in [-0.05, 0) is 6.07 Å². The molecular formula is C9H14IN3. The monoisotopic (exact) mass is 291 g/mol. The van der Waals surface area contributed by atoms with Crippen molar-refractivity contribution < 1.29 is 28.5 Å². The summed E-state index contributed by atoms with van der Waals surface area (Å²) in [7, 11) is 5.80. The number of halogens is 1. The molecule has 0 saturated heterocycles. The number of aromatic nitrogens is 1. The van der Waals surface area contributed by atoms with Crippen LogP contribution < -0.4 is 28.5 Å². The number of hydrogen-bond acceptors (Lipinski definition) is 2. The zero-order valence-electron chi connectivity index (χ0n) is 8.11. The third kappa shape index (κ3) is 4.82. The second kappa shape index (κ2) is 5.90. The van der Waals surface area contributed by atoms with Gasteiger partial charge >= 0.3 is 0 Å². The maximum absolute atomic E-state index is 4.13. The fourth-order valence-corrected chi connectivity index (χ4v) is 0.870. The molecule has 0 N–H and O–H groups in total. The van der Waals surface area contributed by atoms with Gasteiger partial charge in [-0.25, -0.2) is 4.57 Å². The van der Waals surface area contributed by atoms with Crippen LogP contribution in [0.3, 0.4) is 0 Å². The lowest BCUT2D eigenvalue weighted by Crippen LogP contribution is -3.00. The van der Waals surface area contributed by atoms with Gasteiger partial charge in [0.15, 0.2) is 12.4 Å². The van der Waals surface area contributed by atoms with E-state index in [1.54, 1.807) is 5.01 Å². The predicted molar refractivity (Wildman–Crippen MR) is 48.9 cm³/mol. The number of nitrogens with zero attached hydrogens (tertiary/aromatic N) is 3. The van der Waals surface area contributed by atoms with Crippen LogP contribution in [0.2, 0.25) is 0 Å². The Morgan fingerprint density at radius 1 is 1.46 bits per heavy atom. The molecule has 13 heavy (non-hydrogen) atoms. The summed E-state index contributed by atoms with van der Waals surface area (Å²) in [4.78, 5) is 0. The van der Waals surface area contributed by atoms with Gasteiger partial charge in [-0.2, -0.15) is 5.10 Å². The first-order valence-corrected chi connectivity index (χ1v) is 3.85. The fraction of sp³-hybridized carbons (Fsp3) is 0.333. The number of hydrazone groups is 1. The van der Waals surface area contributed by atoms with Gasteiger partial charge in [0, 0.05) is 20.2 Å². The maximum atomic E-state index is 4.13. The van der Waals surface area contributed by atoms with Gasteiger partial charge in [0.2, 0.25) is 0 Å². The van der Waals surface area contributed by atoms with Crippen LogP contribution in [-0.4, -0.2) is 25.3 Å². The molecule has 0 bridgehead atoms. The van der Waals surface area contributed by atoms with E-state index in [0.717, 1.165) is 5.56 Å². The van der Waals surface area contributed by atoms with Gasteiger partial charge in [-0.1, -0.05) is 0 Å². The minimum atomic E-state index is 0. The van der Waals surface area contributed by atoms with Crippen molar-refractivity contribution in [3.05, 3.63) is 30.1 Å². The standard InChI is InChI=1S/C9H14N3.HI/c1-11(2)10-7-9-5-4-6-12(3)8-9;/h4-8H,1-3H3;1H/q+1;/p-1/b10-7+;. The summed E-state index contributed by atoms with van der Waals surface area (Å²) in [6, 6.07) is 4.02. The lowest BCUT2D eigenvalue weighted by atomic mass is 10.3. The Hall–Kier alpha value is -0.650. The van der Waals surface area contributed by atoms with E-state index in [4.69, 9.17) is 0 Å². The SMILES string of the molecule is CN(C)/N=C/c1ccc[n+](C)c1.[I-]. The number of pyridine rings is 1. The summed E-state index contributed by atoms with van der Waals surface area (Å²) in [5.74, 6) is 0. The predicted octanol–water partition coefficient (Wildman–Crippen LogP) is -2.59. The Bertz CT molecular complexity index is 284. The fourth-order valence-electron chi connectivity index (χ4n) is 0.870. The topological polar surface area (TPSA) is 19.5 Å². The van der Waals surface area contributed by atoms with Crippen molar-refractivity contribution >= 4 is 6.21 Å². The molecule has 4 heteroatoms. The van der Waals surface area contributed by atoms with Crippen LogP contribution in [0, 0.1) is 0 Å². The van der Waals surface area contributed by atoms with Gasteiger partial charge in [-0.3, -0.25) is 0 Å². The first-order valence-electron chi connectivity index (χ1n) is 3.85. The number of aryl methyl sites for hydroxylation is 1. The molecule has 0 atom stereocenters. The zero-order valence-corrected chi connectivity index (χ0v) is 10.3. The first-order chi connectivity index (χ1) is 5.68. The minimum absolute atomic E-state index is 0. The van der Waals surface area contributed by atoms with Gasteiger partial charge in [0.05, 0.1) is 11.8 Å². The Morgan fingerprint density at radius 3 is 2.69 bits per heavy atom. The highest BCUT2D eigenvalue weighted by molar-refractivity contribution is 5.78. The van der Waals surface area contributed by atoms with Crippen molar-refractivity contribution in [2.45, 2.75) is 0 Å². The molecule has 0 aromatic carbocycles. The second-order valence-corrected chi connectivity index (χ2v) is 2.89. The molecule has 1 aromatic heterocycles. The molecule has 1 rings (SSSR count). The summed E-state index contributed by atoms with van der Waals surface area (Å²) in [5, 5.41) is 5.90. The van der Waals surface area contributed by atoms with Crippen molar-refractivity contribution in [1.82, 2.24) is 5.01 Å². The molecule has 3 nitrogen and oxygen atoms in total. The van der Waals surface area contributed by atoms with E-state index in [-0.39, 0.29) is 24.0 Å². The average Bonchev–Trinajstić information content (AvgIpc) is 2.01. The quantitative estimate of drug-likeness (QED) is 0.253. The third-order valence-electron chi connectivity index (χ3n) is 1.40. The van der Waals surface area contributed by atoms with E-state index >= 15 is 0 Å². The van der Waals surface area contributed by atoms with Gasteiger partial charge in [0.1, 0.15) is 7.05 Å². The van der Waals surface area contributed by atoms with Crippen LogP contribution >= 0.6 is 0 Å². The van der Waals surface area contributed by atoms with Gasteiger partial charge in [0.25, 0.3) is 0 Å². The molecule has 0 aliphatic heterocycles. The molecule has 0 radical (unpaired) electrons. The summed E-state index contributed by atoms with van der Waals surface area (Å²) in [6.07, 6.45) is 5.85. The summed E-state index contributed by atoms with van der Waals surface area (Å²) < 4.78 is 2.00. The van der Waals surface area contributed by atoms with Crippen molar-refractivity contribution in [1.29, 1.82) is 0 Å². The van der Waals surface area contributed by atoms with Crippen molar-refractivity contribution in [3.8, 4) is 0 Å². The molecule has 0 spiro atoms. The molecule has 0 saturated carbocycles. The average molecular weight is 291 g/mol. The van der Waals surface area contributed by atoms with Crippen LogP contribution in [0.5, 0.6) is 0 Å². The van der Waals surface area contributed by atoms with Crippen LogP contribution in [0.4, 0.5) is 0 Å². The lowest BCUT2D eigenvalue weighted by molar-refractivity contribution is -0.671. The Kier molecular flexibility index (Phi) is 5.61. The highest BCUT2D eigenvalue weighted by Crippen LogP contribution is 1.89. The molecule has 1 heterocycles. The largest absolute Gasteiger partial charge is 1.00 e. The van der Waals surface area contributed by atoms with Crippen LogP contribution in [0.25, 0.3) is 0 Å². The van der Waals surface area contributed by atoms with Crippen LogP contribution in [0.1, 0.15) is 5.56 Å². The Morgan fingerprint density at radius 2 is 2.15 bits per heavy atom. The normalized spacial score (nSPS) is 9.77. The molecule has 72 valence electrons. The minimum Gasteiger partial charge on any atom is -1.00 e. The lowest BCUT2D eigenvalue weighted by Gasteiger charge is -2.01. The molecule has 0 unspecified atom stereocenters. The summed E-state index contributed by atoms with van der Waals surface area (Å²) in [6.45, 7) is 0.